The number of oxazole rings is 1. The van der Waals surface area contributed by atoms with Gasteiger partial charge in [-0.3, -0.25) is 9.78 Å². The van der Waals surface area contributed by atoms with Gasteiger partial charge in [0.2, 0.25) is 0 Å². The van der Waals surface area contributed by atoms with Crippen LogP contribution in [0, 0.1) is 0 Å². The van der Waals surface area contributed by atoms with Crippen molar-refractivity contribution in [2.45, 2.75) is 6.04 Å². The molecule has 0 fully saturated rings. The van der Waals surface area contributed by atoms with E-state index in [2.05, 4.69) is 10.3 Å². The second kappa shape index (κ2) is 4.30. The van der Waals surface area contributed by atoms with Gasteiger partial charge in [-0.05, 0) is 18.2 Å². The summed E-state index contributed by atoms with van der Waals surface area (Å²) in [5, 5.41) is 11.5. The molecule has 1 heterocycles. The third-order valence-corrected chi connectivity index (χ3v) is 2.26. The van der Waals surface area contributed by atoms with Crippen LogP contribution < -0.4 is 16.8 Å². The minimum absolute atomic E-state index is 0.100. The number of aromatic nitrogens is 1. The maximum atomic E-state index is 10.9. The summed E-state index contributed by atoms with van der Waals surface area (Å²) in [5.41, 5.74) is 6.99. The Hall–Kier alpha value is -2.28. The number of fused-ring (bicyclic) bond motifs is 1. The highest BCUT2D eigenvalue weighted by Crippen LogP contribution is 2.15. The molecule has 2 rings (SSSR count). The number of hydrogen-bond acceptors (Lipinski definition) is 5. The van der Waals surface area contributed by atoms with Gasteiger partial charge >= 0.3 is 11.7 Å². The third kappa shape index (κ3) is 2.45. The van der Waals surface area contributed by atoms with Crippen LogP contribution in [0.4, 0.5) is 5.69 Å². The number of carboxylic acid groups (broad SMARTS) is 1. The predicted octanol–water partition coefficient (Wildman–Crippen LogP) is -0.0551. The molecular formula is C10H11N3O4. The molecule has 0 bridgehead atoms. The van der Waals surface area contributed by atoms with E-state index >= 15 is 0 Å². The maximum absolute atomic E-state index is 10.9. The summed E-state index contributed by atoms with van der Waals surface area (Å²) in [6, 6.07) is 3.96. The number of carboxylic acids is 1. The molecule has 90 valence electrons. The summed E-state index contributed by atoms with van der Waals surface area (Å²) in [5.74, 6) is -1.60. The van der Waals surface area contributed by atoms with Crippen LogP contribution in [-0.2, 0) is 4.79 Å². The summed E-state index contributed by atoms with van der Waals surface area (Å²) >= 11 is 0. The molecule has 0 amide bonds. The van der Waals surface area contributed by atoms with Crippen LogP contribution in [0.15, 0.2) is 27.4 Å². The van der Waals surface area contributed by atoms with Gasteiger partial charge in [-0.2, -0.15) is 0 Å². The average Bonchev–Trinajstić information content (AvgIpc) is 2.64. The molecule has 0 saturated carbocycles. The van der Waals surface area contributed by atoms with Gasteiger partial charge in [0, 0.05) is 12.2 Å². The first kappa shape index (κ1) is 11.2. The van der Waals surface area contributed by atoms with Gasteiger partial charge in [0.1, 0.15) is 6.04 Å². The lowest BCUT2D eigenvalue weighted by Gasteiger charge is -2.09. The molecule has 1 atom stereocenters. The third-order valence-electron chi connectivity index (χ3n) is 2.26. The molecule has 0 radical (unpaired) electrons. The smallest absolute Gasteiger partial charge is 0.417 e. The van der Waals surface area contributed by atoms with Crippen molar-refractivity contribution in [2.75, 3.05) is 11.9 Å². The zero-order chi connectivity index (χ0) is 12.4. The standard InChI is InChI=1S/C10H11N3O4/c11-6(9(14)15)4-12-5-1-2-8-7(3-5)13-10(16)17-8/h1-3,6,12H,4,11H2,(H,13,16)(H,14,15). The summed E-state index contributed by atoms with van der Waals surface area (Å²) in [6.07, 6.45) is 0. The topological polar surface area (TPSA) is 121 Å². The molecule has 7 heteroatoms. The predicted molar refractivity (Wildman–Crippen MR) is 60.9 cm³/mol. The summed E-state index contributed by atoms with van der Waals surface area (Å²) in [7, 11) is 0. The Morgan fingerprint density at radius 3 is 3.06 bits per heavy atom. The Morgan fingerprint density at radius 2 is 2.35 bits per heavy atom. The van der Waals surface area contributed by atoms with Crippen molar-refractivity contribution in [3.63, 3.8) is 0 Å². The quantitative estimate of drug-likeness (QED) is 0.591. The van der Waals surface area contributed by atoms with Crippen LogP contribution in [0.25, 0.3) is 11.1 Å². The van der Waals surface area contributed by atoms with Crippen LogP contribution in [0.1, 0.15) is 0 Å². The van der Waals surface area contributed by atoms with Gasteiger partial charge in [-0.25, -0.2) is 4.79 Å². The van der Waals surface area contributed by atoms with E-state index < -0.39 is 17.8 Å². The fourth-order valence-corrected chi connectivity index (χ4v) is 1.38. The number of rotatable bonds is 4. The van der Waals surface area contributed by atoms with Gasteiger partial charge in [0.25, 0.3) is 0 Å². The van der Waals surface area contributed by atoms with Gasteiger partial charge < -0.3 is 20.6 Å². The molecule has 0 aliphatic carbocycles. The number of aromatic amines is 1. The Labute approximate surface area is 95.2 Å². The Balaban J connectivity index is 2.14. The van der Waals surface area contributed by atoms with Crippen molar-refractivity contribution >= 4 is 22.8 Å². The second-order valence-corrected chi connectivity index (χ2v) is 3.55. The van der Waals surface area contributed by atoms with E-state index in [4.69, 9.17) is 15.3 Å². The highest BCUT2D eigenvalue weighted by atomic mass is 16.4. The van der Waals surface area contributed by atoms with Crippen LogP contribution in [0.3, 0.4) is 0 Å². The van der Waals surface area contributed by atoms with E-state index in [0.29, 0.717) is 16.8 Å². The van der Waals surface area contributed by atoms with Crippen molar-refractivity contribution in [2.24, 2.45) is 5.73 Å². The second-order valence-electron chi connectivity index (χ2n) is 3.55. The average molecular weight is 237 g/mol. The van der Waals surface area contributed by atoms with Crippen molar-refractivity contribution < 1.29 is 14.3 Å². The van der Waals surface area contributed by atoms with Crippen molar-refractivity contribution in [3.8, 4) is 0 Å². The molecule has 0 spiro atoms. The van der Waals surface area contributed by atoms with E-state index in [1.165, 1.54) is 0 Å². The highest BCUT2D eigenvalue weighted by Gasteiger charge is 2.10. The molecule has 2 aromatic rings. The van der Waals surface area contributed by atoms with Gasteiger partial charge in [0.05, 0.1) is 5.52 Å². The molecule has 7 nitrogen and oxygen atoms in total. The summed E-state index contributed by atoms with van der Waals surface area (Å²) in [6.45, 7) is 0.100. The molecule has 0 aliphatic heterocycles. The number of benzene rings is 1. The van der Waals surface area contributed by atoms with Gasteiger partial charge in [-0.1, -0.05) is 0 Å². The largest absolute Gasteiger partial charge is 0.480 e. The SMILES string of the molecule is NC(CNc1ccc2oc(=O)[nH]c2c1)C(=O)O. The number of carbonyl (C=O) groups is 1. The molecule has 0 aliphatic rings. The Morgan fingerprint density at radius 1 is 1.59 bits per heavy atom. The fourth-order valence-electron chi connectivity index (χ4n) is 1.38. The van der Waals surface area contributed by atoms with E-state index in [1.807, 2.05) is 0 Å². The Kier molecular flexibility index (Phi) is 2.84. The molecule has 1 aromatic carbocycles. The zero-order valence-corrected chi connectivity index (χ0v) is 8.77. The highest BCUT2D eigenvalue weighted by molar-refractivity contribution is 5.77. The first-order chi connectivity index (χ1) is 8.06. The molecular weight excluding hydrogens is 226 g/mol. The maximum Gasteiger partial charge on any atom is 0.417 e. The number of nitrogens with one attached hydrogen (secondary N) is 2. The number of H-pyrrole nitrogens is 1. The lowest BCUT2D eigenvalue weighted by atomic mass is 10.2. The number of nitrogens with two attached hydrogens (primary N) is 1. The summed E-state index contributed by atoms with van der Waals surface area (Å²) < 4.78 is 4.83. The molecule has 1 aromatic heterocycles. The first-order valence-electron chi connectivity index (χ1n) is 4.91. The van der Waals surface area contributed by atoms with E-state index in [9.17, 15) is 9.59 Å². The van der Waals surface area contributed by atoms with Crippen LogP contribution >= 0.6 is 0 Å². The van der Waals surface area contributed by atoms with E-state index in [0.717, 1.165) is 0 Å². The van der Waals surface area contributed by atoms with Crippen LogP contribution in [0.2, 0.25) is 0 Å². The lowest BCUT2D eigenvalue weighted by Crippen LogP contribution is -2.36. The van der Waals surface area contributed by atoms with Gasteiger partial charge in [-0.15, -0.1) is 0 Å². The monoisotopic (exact) mass is 237 g/mol. The van der Waals surface area contributed by atoms with Crippen molar-refractivity contribution in [1.82, 2.24) is 4.98 Å². The number of aliphatic carboxylic acids is 1. The lowest BCUT2D eigenvalue weighted by molar-refractivity contribution is -0.138. The normalized spacial score (nSPS) is 12.5. The zero-order valence-electron chi connectivity index (χ0n) is 8.77. The minimum Gasteiger partial charge on any atom is -0.480 e. The van der Waals surface area contributed by atoms with Crippen LogP contribution in [0.5, 0.6) is 0 Å². The first-order valence-corrected chi connectivity index (χ1v) is 4.91. The molecule has 17 heavy (non-hydrogen) atoms. The van der Waals surface area contributed by atoms with Crippen molar-refractivity contribution in [3.05, 3.63) is 28.7 Å². The molecule has 1 unspecified atom stereocenters. The molecule has 0 saturated heterocycles. The van der Waals surface area contributed by atoms with Crippen LogP contribution in [-0.4, -0.2) is 28.6 Å². The molecule has 5 N–H and O–H groups in total. The summed E-state index contributed by atoms with van der Waals surface area (Å²) in [4.78, 5) is 23.9. The Bertz CT molecular complexity index is 601. The van der Waals surface area contributed by atoms with Crippen molar-refractivity contribution in [1.29, 1.82) is 0 Å². The van der Waals surface area contributed by atoms with Gasteiger partial charge in [0.15, 0.2) is 5.58 Å². The van der Waals surface area contributed by atoms with E-state index in [-0.39, 0.29) is 6.54 Å². The van der Waals surface area contributed by atoms with E-state index in [1.54, 1.807) is 18.2 Å². The number of hydrogen-bond donors (Lipinski definition) is 4. The number of anilines is 1. The fraction of sp³-hybridized carbons (Fsp3) is 0.200. The minimum atomic E-state index is -1.07.